The molecule has 30 heavy (non-hydrogen) atoms. The maximum absolute atomic E-state index is 12.6. The summed E-state index contributed by atoms with van der Waals surface area (Å²) in [4.78, 5) is 24.1. The predicted octanol–water partition coefficient (Wildman–Crippen LogP) is 4.36. The van der Waals surface area contributed by atoms with Gasteiger partial charge in [-0.2, -0.15) is 5.10 Å². The molecule has 0 unspecified atom stereocenters. The summed E-state index contributed by atoms with van der Waals surface area (Å²) in [5.41, 5.74) is 3.42. The molecule has 0 aliphatic heterocycles. The first kappa shape index (κ1) is 20.4. The summed E-state index contributed by atoms with van der Waals surface area (Å²) in [5, 5.41) is 13.2. The number of amides is 2. The van der Waals surface area contributed by atoms with E-state index in [-0.39, 0.29) is 23.8 Å². The molecule has 2 aliphatic carbocycles. The Morgan fingerprint density at radius 1 is 1.10 bits per heavy atom. The molecule has 0 radical (unpaired) electrons. The third kappa shape index (κ3) is 4.81. The SMILES string of the molecule is C=CC(=O)NC1CCC(c2ccc([C@@H](C)C(=O)Nc3cc(C4CC4)[nH]n3)cc2)CC1. The summed E-state index contributed by atoms with van der Waals surface area (Å²) in [6, 6.07) is 10.6. The minimum absolute atomic E-state index is 0.0462. The molecule has 3 N–H and O–H groups in total. The quantitative estimate of drug-likeness (QED) is 0.597. The summed E-state index contributed by atoms with van der Waals surface area (Å²) in [5.74, 6) is 1.31. The molecule has 1 aromatic heterocycles. The van der Waals surface area contributed by atoms with Crippen LogP contribution >= 0.6 is 0 Å². The van der Waals surface area contributed by atoms with Gasteiger partial charge in [-0.25, -0.2) is 0 Å². The first-order valence-electron chi connectivity index (χ1n) is 10.9. The van der Waals surface area contributed by atoms with Crippen molar-refractivity contribution in [3.05, 3.63) is 59.8 Å². The largest absolute Gasteiger partial charge is 0.350 e. The molecule has 158 valence electrons. The second kappa shape index (κ2) is 8.86. The highest BCUT2D eigenvalue weighted by molar-refractivity contribution is 5.94. The average Bonchev–Trinajstić information content (AvgIpc) is 3.53. The zero-order valence-corrected chi connectivity index (χ0v) is 17.5. The number of hydrogen-bond acceptors (Lipinski definition) is 3. The normalized spacial score (nSPS) is 22.2. The van der Waals surface area contributed by atoms with Gasteiger partial charge >= 0.3 is 0 Å². The van der Waals surface area contributed by atoms with Crippen molar-refractivity contribution in [3.63, 3.8) is 0 Å². The van der Waals surface area contributed by atoms with E-state index in [0.717, 1.165) is 36.9 Å². The minimum atomic E-state index is -0.245. The van der Waals surface area contributed by atoms with Crippen LogP contribution in [0.15, 0.2) is 43.0 Å². The monoisotopic (exact) mass is 406 g/mol. The summed E-state index contributed by atoms with van der Waals surface area (Å²) in [7, 11) is 0. The third-order valence-corrected chi connectivity index (χ3v) is 6.43. The Morgan fingerprint density at radius 2 is 1.77 bits per heavy atom. The number of hydrogen-bond donors (Lipinski definition) is 3. The van der Waals surface area contributed by atoms with Gasteiger partial charge in [0.25, 0.3) is 0 Å². The summed E-state index contributed by atoms with van der Waals surface area (Å²) >= 11 is 0. The number of benzene rings is 1. The molecular weight excluding hydrogens is 376 g/mol. The molecular formula is C24H30N4O2. The number of aromatic nitrogens is 2. The van der Waals surface area contributed by atoms with Gasteiger partial charge in [0.05, 0.1) is 5.92 Å². The molecule has 6 nitrogen and oxygen atoms in total. The van der Waals surface area contributed by atoms with E-state index in [4.69, 9.17) is 0 Å². The Morgan fingerprint density at radius 3 is 2.40 bits per heavy atom. The number of carbonyl (C=O) groups excluding carboxylic acids is 2. The summed E-state index contributed by atoms with van der Waals surface area (Å²) in [6.45, 7) is 5.43. The molecule has 2 aromatic rings. The van der Waals surface area contributed by atoms with Gasteiger partial charge in [0, 0.05) is 23.7 Å². The molecule has 2 aliphatic rings. The molecule has 1 aromatic carbocycles. The lowest BCUT2D eigenvalue weighted by atomic mass is 9.81. The second-order valence-corrected chi connectivity index (χ2v) is 8.62. The molecule has 0 saturated heterocycles. The van der Waals surface area contributed by atoms with E-state index < -0.39 is 0 Å². The van der Waals surface area contributed by atoms with E-state index in [9.17, 15) is 9.59 Å². The lowest BCUT2D eigenvalue weighted by Gasteiger charge is -2.29. The zero-order valence-electron chi connectivity index (χ0n) is 17.5. The molecule has 6 heteroatoms. The fourth-order valence-corrected chi connectivity index (χ4v) is 4.28. The van der Waals surface area contributed by atoms with Gasteiger partial charge < -0.3 is 10.6 Å². The molecule has 1 heterocycles. The predicted molar refractivity (Wildman–Crippen MR) is 117 cm³/mol. The molecule has 1 atom stereocenters. The van der Waals surface area contributed by atoms with Crippen LogP contribution in [0.1, 0.15) is 80.0 Å². The van der Waals surface area contributed by atoms with E-state index >= 15 is 0 Å². The van der Waals surface area contributed by atoms with E-state index in [2.05, 4.69) is 51.7 Å². The standard InChI is InChI=1S/C24H30N4O2/c1-3-23(29)25-20-12-10-18(11-13-20)17-6-4-16(5-7-17)15(2)24(30)26-22-14-21(27-28-22)19-8-9-19/h3-7,14-15,18-20H,1,8-13H2,2H3,(H,25,29)(H2,26,27,28,30)/t15-,18?,20?/m1/s1. The number of anilines is 1. The number of nitrogens with zero attached hydrogens (tertiary/aromatic N) is 1. The Kier molecular flexibility index (Phi) is 6.02. The van der Waals surface area contributed by atoms with Crippen molar-refractivity contribution in [1.82, 2.24) is 15.5 Å². The lowest BCUT2D eigenvalue weighted by molar-refractivity contribution is -0.118. The van der Waals surface area contributed by atoms with Gasteiger partial charge in [0.15, 0.2) is 5.82 Å². The van der Waals surface area contributed by atoms with E-state index in [1.54, 1.807) is 0 Å². The second-order valence-electron chi connectivity index (χ2n) is 8.62. The Bertz CT molecular complexity index is 906. The van der Waals surface area contributed by atoms with Crippen molar-refractivity contribution >= 4 is 17.6 Å². The highest BCUT2D eigenvalue weighted by Crippen LogP contribution is 2.39. The van der Waals surface area contributed by atoms with Crippen molar-refractivity contribution in [2.75, 3.05) is 5.32 Å². The molecule has 2 saturated carbocycles. The average molecular weight is 407 g/mol. The van der Waals surface area contributed by atoms with E-state index in [1.165, 1.54) is 24.5 Å². The number of nitrogens with one attached hydrogen (secondary N) is 3. The molecule has 2 amide bonds. The van der Waals surface area contributed by atoms with Crippen LogP contribution in [0.4, 0.5) is 5.82 Å². The smallest absolute Gasteiger partial charge is 0.243 e. The Labute approximate surface area is 177 Å². The lowest BCUT2D eigenvalue weighted by Crippen LogP contribution is -2.36. The zero-order chi connectivity index (χ0) is 21.1. The van der Waals surface area contributed by atoms with Crippen molar-refractivity contribution in [2.45, 2.75) is 69.2 Å². The third-order valence-electron chi connectivity index (χ3n) is 6.43. The van der Waals surface area contributed by atoms with Crippen LogP contribution in [-0.4, -0.2) is 28.1 Å². The molecule has 2 fully saturated rings. The van der Waals surface area contributed by atoms with Crippen LogP contribution < -0.4 is 10.6 Å². The number of H-pyrrole nitrogens is 1. The van der Waals surface area contributed by atoms with Gasteiger partial charge in [0.2, 0.25) is 11.8 Å². The fourth-order valence-electron chi connectivity index (χ4n) is 4.28. The van der Waals surface area contributed by atoms with E-state index in [1.807, 2.05) is 13.0 Å². The van der Waals surface area contributed by atoms with Gasteiger partial charge in [-0.1, -0.05) is 30.8 Å². The number of carbonyl (C=O) groups is 2. The van der Waals surface area contributed by atoms with Crippen LogP contribution in [0, 0.1) is 0 Å². The van der Waals surface area contributed by atoms with E-state index in [0.29, 0.717) is 17.7 Å². The number of aromatic amines is 1. The summed E-state index contributed by atoms with van der Waals surface area (Å²) < 4.78 is 0. The fraction of sp³-hybridized carbons (Fsp3) is 0.458. The molecule has 4 rings (SSSR count). The van der Waals surface area contributed by atoms with Crippen molar-refractivity contribution < 1.29 is 9.59 Å². The van der Waals surface area contributed by atoms with Crippen LogP contribution in [0.25, 0.3) is 0 Å². The van der Waals surface area contributed by atoms with Gasteiger partial charge in [-0.05, 0) is 68.6 Å². The minimum Gasteiger partial charge on any atom is -0.350 e. The van der Waals surface area contributed by atoms with Gasteiger partial charge in [0.1, 0.15) is 0 Å². The molecule has 0 bridgehead atoms. The van der Waals surface area contributed by atoms with Crippen LogP contribution in [0.2, 0.25) is 0 Å². The Balaban J connectivity index is 1.30. The molecule has 0 spiro atoms. The highest BCUT2D eigenvalue weighted by atomic mass is 16.2. The topological polar surface area (TPSA) is 86.9 Å². The van der Waals surface area contributed by atoms with Crippen LogP contribution in [-0.2, 0) is 9.59 Å². The van der Waals surface area contributed by atoms with Crippen molar-refractivity contribution in [2.24, 2.45) is 0 Å². The maximum Gasteiger partial charge on any atom is 0.243 e. The first-order valence-corrected chi connectivity index (χ1v) is 10.9. The summed E-state index contributed by atoms with van der Waals surface area (Å²) in [6.07, 6.45) is 7.81. The van der Waals surface area contributed by atoms with Crippen molar-refractivity contribution in [1.29, 1.82) is 0 Å². The van der Waals surface area contributed by atoms with Crippen LogP contribution in [0.5, 0.6) is 0 Å². The van der Waals surface area contributed by atoms with Crippen molar-refractivity contribution in [3.8, 4) is 0 Å². The Hall–Kier alpha value is -2.89. The van der Waals surface area contributed by atoms with Gasteiger partial charge in [-0.3, -0.25) is 14.7 Å². The number of rotatable bonds is 7. The van der Waals surface area contributed by atoms with Crippen LogP contribution in [0.3, 0.4) is 0 Å². The maximum atomic E-state index is 12.6. The first-order chi connectivity index (χ1) is 14.5. The highest BCUT2D eigenvalue weighted by Gasteiger charge is 2.26. The van der Waals surface area contributed by atoms with Gasteiger partial charge in [-0.15, -0.1) is 0 Å².